The Kier molecular flexibility index (Phi) is 3.15. The highest BCUT2D eigenvalue weighted by Gasteiger charge is 2.11. The quantitative estimate of drug-likeness (QED) is 0.727. The van der Waals surface area contributed by atoms with Gasteiger partial charge in [-0.1, -0.05) is 41.6 Å². The van der Waals surface area contributed by atoms with Crippen LogP contribution < -0.4 is 0 Å². The van der Waals surface area contributed by atoms with Crippen LogP contribution in [-0.4, -0.2) is 11.3 Å². The Morgan fingerprint density at radius 1 is 1.19 bits per heavy atom. The minimum absolute atomic E-state index is 0.833. The standard InChI is InChI=1S/C13H13NOS/c1-10-3-5-12(6-4-10)13-7-14(9-15)11(2)8-16-13/h3-9H,1-2H3. The van der Waals surface area contributed by atoms with Crippen molar-refractivity contribution in [3.8, 4) is 0 Å². The van der Waals surface area contributed by atoms with E-state index in [1.54, 1.807) is 16.7 Å². The number of nitrogens with zero attached hydrogens (tertiary/aromatic N) is 1. The van der Waals surface area contributed by atoms with Crippen molar-refractivity contribution in [1.29, 1.82) is 0 Å². The van der Waals surface area contributed by atoms with E-state index >= 15 is 0 Å². The van der Waals surface area contributed by atoms with Crippen LogP contribution in [0.25, 0.3) is 4.91 Å². The van der Waals surface area contributed by atoms with Crippen molar-refractivity contribution >= 4 is 23.1 Å². The molecule has 1 amide bonds. The van der Waals surface area contributed by atoms with Gasteiger partial charge in [0.05, 0.1) is 0 Å². The first kappa shape index (κ1) is 11.0. The van der Waals surface area contributed by atoms with E-state index in [-0.39, 0.29) is 0 Å². The van der Waals surface area contributed by atoms with E-state index in [1.165, 1.54) is 5.56 Å². The van der Waals surface area contributed by atoms with Crippen LogP contribution in [0.15, 0.2) is 41.6 Å². The first-order valence-corrected chi connectivity index (χ1v) is 5.94. The first-order chi connectivity index (χ1) is 7.70. The molecule has 0 fully saturated rings. The number of hydrogen-bond donors (Lipinski definition) is 0. The number of aryl methyl sites for hydroxylation is 1. The van der Waals surface area contributed by atoms with Gasteiger partial charge in [0.2, 0.25) is 6.41 Å². The molecule has 1 aromatic rings. The molecular formula is C13H13NOS. The van der Waals surface area contributed by atoms with E-state index in [1.807, 2.05) is 18.5 Å². The number of carbonyl (C=O) groups excluding carboxylic acids is 1. The van der Waals surface area contributed by atoms with Crippen LogP contribution >= 0.6 is 11.8 Å². The Hall–Kier alpha value is -1.48. The minimum atomic E-state index is 0.833. The molecule has 0 spiro atoms. The lowest BCUT2D eigenvalue weighted by Gasteiger charge is -2.20. The lowest BCUT2D eigenvalue weighted by Crippen LogP contribution is -2.14. The third-order valence-electron chi connectivity index (χ3n) is 2.47. The van der Waals surface area contributed by atoms with Crippen LogP contribution in [0, 0.1) is 6.92 Å². The second-order valence-electron chi connectivity index (χ2n) is 3.75. The number of allylic oxidation sites excluding steroid dienone is 1. The fraction of sp³-hybridized carbons (Fsp3) is 0.154. The molecule has 1 heterocycles. The molecule has 0 N–H and O–H groups in total. The second-order valence-corrected chi connectivity index (χ2v) is 4.66. The number of benzene rings is 1. The van der Waals surface area contributed by atoms with Gasteiger partial charge in [0.1, 0.15) is 0 Å². The zero-order valence-electron chi connectivity index (χ0n) is 9.31. The van der Waals surface area contributed by atoms with E-state index < -0.39 is 0 Å². The first-order valence-electron chi connectivity index (χ1n) is 5.06. The molecule has 1 aliphatic rings. The molecule has 2 rings (SSSR count). The maximum absolute atomic E-state index is 10.8. The highest BCUT2D eigenvalue weighted by Crippen LogP contribution is 2.34. The van der Waals surface area contributed by atoms with E-state index in [0.717, 1.165) is 22.6 Å². The summed E-state index contributed by atoms with van der Waals surface area (Å²) in [5.41, 5.74) is 3.34. The van der Waals surface area contributed by atoms with Crippen molar-refractivity contribution in [2.75, 3.05) is 0 Å². The van der Waals surface area contributed by atoms with Crippen LogP contribution in [0.5, 0.6) is 0 Å². The number of carbonyl (C=O) groups is 1. The molecule has 1 aromatic carbocycles. The molecule has 2 nitrogen and oxygen atoms in total. The van der Waals surface area contributed by atoms with Gasteiger partial charge in [-0.15, -0.1) is 0 Å². The number of thioether (sulfide) groups is 1. The smallest absolute Gasteiger partial charge is 0.218 e. The molecular weight excluding hydrogens is 218 g/mol. The van der Waals surface area contributed by atoms with Crippen LogP contribution in [0.1, 0.15) is 18.1 Å². The normalized spacial score (nSPS) is 15.5. The van der Waals surface area contributed by atoms with Crippen molar-refractivity contribution in [2.24, 2.45) is 0 Å². The third-order valence-corrected chi connectivity index (χ3v) is 3.52. The molecule has 0 atom stereocenters. The topological polar surface area (TPSA) is 20.3 Å². The third kappa shape index (κ3) is 2.19. The summed E-state index contributed by atoms with van der Waals surface area (Å²) in [6.07, 6.45) is 2.71. The van der Waals surface area contributed by atoms with Gasteiger partial charge in [0.25, 0.3) is 0 Å². The summed E-state index contributed by atoms with van der Waals surface area (Å²) in [6.45, 7) is 3.98. The Morgan fingerprint density at radius 2 is 1.88 bits per heavy atom. The summed E-state index contributed by atoms with van der Waals surface area (Å²) >= 11 is 1.65. The molecule has 0 radical (unpaired) electrons. The van der Waals surface area contributed by atoms with Gasteiger partial charge in [-0.3, -0.25) is 9.69 Å². The maximum atomic E-state index is 10.8. The molecule has 1 aliphatic heterocycles. The van der Waals surface area contributed by atoms with Gasteiger partial charge in [0.15, 0.2) is 0 Å². The SMILES string of the molecule is CC1=CSC(c2ccc(C)cc2)=CN1C=O. The molecule has 0 unspecified atom stereocenters. The summed E-state index contributed by atoms with van der Waals surface area (Å²) in [5.74, 6) is 0. The Morgan fingerprint density at radius 3 is 2.50 bits per heavy atom. The number of hydrogen-bond acceptors (Lipinski definition) is 2. The van der Waals surface area contributed by atoms with Crippen molar-refractivity contribution < 1.29 is 4.79 Å². The second kappa shape index (κ2) is 4.58. The molecule has 0 saturated carbocycles. The molecule has 0 aliphatic carbocycles. The summed E-state index contributed by atoms with van der Waals surface area (Å²) in [6, 6.07) is 8.30. The van der Waals surface area contributed by atoms with E-state index in [2.05, 4.69) is 31.2 Å². The van der Waals surface area contributed by atoms with Crippen LogP contribution in [-0.2, 0) is 4.79 Å². The van der Waals surface area contributed by atoms with Gasteiger partial charge < -0.3 is 0 Å². The van der Waals surface area contributed by atoms with Crippen molar-refractivity contribution in [2.45, 2.75) is 13.8 Å². The summed E-state index contributed by atoms with van der Waals surface area (Å²) < 4.78 is 0. The van der Waals surface area contributed by atoms with Crippen LogP contribution in [0.2, 0.25) is 0 Å². The fourth-order valence-electron chi connectivity index (χ4n) is 1.44. The molecule has 82 valence electrons. The zero-order chi connectivity index (χ0) is 11.5. The fourth-order valence-corrected chi connectivity index (χ4v) is 2.31. The largest absolute Gasteiger partial charge is 0.293 e. The van der Waals surface area contributed by atoms with Crippen LogP contribution in [0.3, 0.4) is 0 Å². The maximum Gasteiger partial charge on any atom is 0.218 e. The molecule has 16 heavy (non-hydrogen) atoms. The summed E-state index contributed by atoms with van der Waals surface area (Å²) in [4.78, 5) is 13.5. The van der Waals surface area contributed by atoms with Gasteiger partial charge in [0, 0.05) is 16.8 Å². The predicted molar refractivity (Wildman–Crippen MR) is 68.4 cm³/mol. The van der Waals surface area contributed by atoms with Gasteiger partial charge in [-0.2, -0.15) is 0 Å². The van der Waals surface area contributed by atoms with Crippen molar-refractivity contribution in [1.82, 2.24) is 4.90 Å². The summed E-state index contributed by atoms with van der Waals surface area (Å²) in [5, 5.41) is 1.99. The van der Waals surface area contributed by atoms with Crippen molar-refractivity contribution in [3.63, 3.8) is 0 Å². The molecule has 0 aromatic heterocycles. The minimum Gasteiger partial charge on any atom is -0.293 e. The molecule has 0 bridgehead atoms. The zero-order valence-corrected chi connectivity index (χ0v) is 10.1. The highest BCUT2D eigenvalue weighted by atomic mass is 32.2. The van der Waals surface area contributed by atoms with E-state index in [0.29, 0.717) is 0 Å². The molecule has 0 saturated heterocycles. The highest BCUT2D eigenvalue weighted by molar-refractivity contribution is 8.11. The van der Waals surface area contributed by atoms with Crippen LogP contribution in [0.4, 0.5) is 0 Å². The van der Waals surface area contributed by atoms with Gasteiger partial charge in [-0.25, -0.2) is 0 Å². The monoisotopic (exact) mass is 231 g/mol. The molecule has 3 heteroatoms. The van der Waals surface area contributed by atoms with Gasteiger partial charge in [-0.05, 0) is 24.8 Å². The predicted octanol–water partition coefficient (Wildman–Crippen LogP) is 3.36. The Bertz CT molecular complexity index is 459. The Labute approximate surface area is 99.6 Å². The van der Waals surface area contributed by atoms with E-state index in [9.17, 15) is 4.79 Å². The number of rotatable bonds is 2. The number of amides is 1. The summed E-state index contributed by atoms with van der Waals surface area (Å²) in [7, 11) is 0. The van der Waals surface area contributed by atoms with Gasteiger partial charge >= 0.3 is 0 Å². The lowest BCUT2D eigenvalue weighted by molar-refractivity contribution is -0.114. The average molecular weight is 231 g/mol. The average Bonchev–Trinajstić information content (AvgIpc) is 2.31. The Balaban J connectivity index is 2.29. The van der Waals surface area contributed by atoms with E-state index in [4.69, 9.17) is 0 Å². The lowest BCUT2D eigenvalue weighted by atomic mass is 10.1. The van der Waals surface area contributed by atoms with Crippen molar-refractivity contribution in [3.05, 3.63) is 52.7 Å².